The van der Waals surface area contributed by atoms with Crippen LogP contribution < -0.4 is 0 Å². The van der Waals surface area contributed by atoms with Crippen LogP contribution in [0.4, 0.5) is 0 Å². The van der Waals surface area contributed by atoms with Crippen LogP contribution in [0, 0.1) is 0 Å². The topological polar surface area (TPSA) is 79.1 Å². The second-order valence-corrected chi connectivity index (χ2v) is 4.49. The number of hydrogen-bond acceptors (Lipinski definition) is 3. The summed E-state index contributed by atoms with van der Waals surface area (Å²) in [5, 5.41) is 0. The molecule has 0 aromatic heterocycles. The van der Waals surface area contributed by atoms with Gasteiger partial charge in [0.2, 0.25) is 0 Å². The molecular weight excluding hydrogens is 241 g/mol. The van der Waals surface area contributed by atoms with Gasteiger partial charge in [0, 0.05) is 6.21 Å². The first-order valence-electron chi connectivity index (χ1n) is 4.91. The first-order valence-corrected chi connectivity index (χ1v) is 6.44. The Morgan fingerprint density at radius 3 is 2.53 bits per heavy atom. The molecule has 1 aromatic rings. The van der Waals surface area contributed by atoms with E-state index in [-0.39, 0.29) is 6.61 Å². The normalized spacial score (nSPS) is 11.9. The number of phosphoric acid groups is 1. The molecule has 0 saturated carbocycles. The lowest BCUT2D eigenvalue weighted by atomic mass is 10.1. The van der Waals surface area contributed by atoms with E-state index in [2.05, 4.69) is 16.1 Å². The van der Waals surface area contributed by atoms with Gasteiger partial charge < -0.3 is 9.79 Å². The third-order valence-electron chi connectivity index (χ3n) is 1.94. The number of nitrogens with zero attached hydrogens (tertiary/aromatic N) is 1. The van der Waals surface area contributed by atoms with Crippen molar-refractivity contribution in [3.05, 3.63) is 42.0 Å². The van der Waals surface area contributed by atoms with Gasteiger partial charge in [-0.2, -0.15) is 0 Å². The number of rotatable bonds is 6. The molecule has 0 aliphatic carbocycles. The standard InChI is InChI=1S/C11H14NO4P/c1-2-10-3-5-11(6-4-10)9-12-7-8-16-17(13,14)15/h2-7H,1,8-9H2,(H2,13,14,15). The summed E-state index contributed by atoms with van der Waals surface area (Å²) in [4.78, 5) is 20.8. The van der Waals surface area contributed by atoms with Crippen molar-refractivity contribution >= 4 is 20.1 Å². The highest BCUT2D eigenvalue weighted by Gasteiger charge is 2.11. The molecule has 0 saturated heterocycles. The molecule has 1 aromatic carbocycles. The zero-order chi connectivity index (χ0) is 12.7. The largest absolute Gasteiger partial charge is 0.469 e. The minimum absolute atomic E-state index is 0.199. The molecule has 2 N–H and O–H groups in total. The molecule has 0 radical (unpaired) electrons. The van der Waals surface area contributed by atoms with E-state index in [1.54, 1.807) is 6.08 Å². The van der Waals surface area contributed by atoms with Crippen LogP contribution in [0.5, 0.6) is 0 Å². The predicted octanol–water partition coefficient (Wildman–Crippen LogP) is 2.01. The molecule has 0 heterocycles. The maximum absolute atomic E-state index is 10.3. The molecule has 0 amide bonds. The highest BCUT2D eigenvalue weighted by molar-refractivity contribution is 7.46. The number of aliphatic imine (C=N–C) groups is 1. The zero-order valence-electron chi connectivity index (χ0n) is 9.19. The van der Waals surface area contributed by atoms with E-state index in [0.29, 0.717) is 6.54 Å². The van der Waals surface area contributed by atoms with E-state index in [9.17, 15) is 4.57 Å². The summed E-state index contributed by atoms with van der Waals surface area (Å²) in [5.41, 5.74) is 2.03. The Bertz CT molecular complexity index is 435. The molecule has 92 valence electrons. The van der Waals surface area contributed by atoms with Crippen LogP contribution >= 0.6 is 7.82 Å². The van der Waals surface area contributed by atoms with E-state index < -0.39 is 7.82 Å². The lowest BCUT2D eigenvalue weighted by molar-refractivity contribution is 0.222. The first kappa shape index (κ1) is 13.8. The molecule has 0 unspecified atom stereocenters. The van der Waals surface area contributed by atoms with E-state index in [0.717, 1.165) is 11.1 Å². The fourth-order valence-electron chi connectivity index (χ4n) is 1.11. The molecule has 0 bridgehead atoms. The second kappa shape index (κ2) is 6.47. The molecule has 0 aliphatic rings. The van der Waals surface area contributed by atoms with Gasteiger partial charge in [-0.15, -0.1) is 0 Å². The average Bonchev–Trinajstić information content (AvgIpc) is 2.28. The van der Waals surface area contributed by atoms with Crippen molar-refractivity contribution < 1.29 is 18.9 Å². The minimum Gasteiger partial charge on any atom is -0.303 e. The maximum Gasteiger partial charge on any atom is 0.469 e. The molecule has 0 aliphatic heterocycles. The van der Waals surface area contributed by atoms with Crippen LogP contribution in [-0.2, 0) is 15.6 Å². The Morgan fingerprint density at radius 2 is 2.00 bits per heavy atom. The van der Waals surface area contributed by atoms with Gasteiger partial charge in [-0.1, -0.05) is 36.9 Å². The molecular formula is C11H14NO4P. The predicted molar refractivity (Wildman–Crippen MR) is 66.7 cm³/mol. The third kappa shape index (κ3) is 6.14. The van der Waals surface area contributed by atoms with Gasteiger partial charge >= 0.3 is 7.82 Å². The molecule has 5 nitrogen and oxygen atoms in total. The van der Waals surface area contributed by atoms with Crippen molar-refractivity contribution in [3.63, 3.8) is 0 Å². The lowest BCUT2D eigenvalue weighted by Gasteiger charge is -2.00. The van der Waals surface area contributed by atoms with Gasteiger partial charge in [0.05, 0.1) is 13.2 Å². The van der Waals surface area contributed by atoms with Crippen LogP contribution in [0.1, 0.15) is 11.1 Å². The quantitative estimate of drug-likeness (QED) is 0.602. The van der Waals surface area contributed by atoms with E-state index in [1.165, 1.54) is 6.21 Å². The van der Waals surface area contributed by atoms with E-state index in [4.69, 9.17) is 9.79 Å². The summed E-state index contributed by atoms with van der Waals surface area (Å²) < 4.78 is 14.5. The van der Waals surface area contributed by atoms with E-state index >= 15 is 0 Å². The zero-order valence-corrected chi connectivity index (χ0v) is 10.1. The van der Waals surface area contributed by atoms with Crippen LogP contribution in [0.2, 0.25) is 0 Å². The first-order chi connectivity index (χ1) is 8.01. The number of benzene rings is 1. The van der Waals surface area contributed by atoms with Crippen molar-refractivity contribution in [3.8, 4) is 0 Å². The maximum atomic E-state index is 10.3. The summed E-state index contributed by atoms with van der Waals surface area (Å²) >= 11 is 0. The lowest BCUT2D eigenvalue weighted by Crippen LogP contribution is -1.93. The van der Waals surface area contributed by atoms with Crippen molar-refractivity contribution in [1.29, 1.82) is 0 Å². The van der Waals surface area contributed by atoms with Gasteiger partial charge in [-0.05, 0) is 11.1 Å². The summed E-state index contributed by atoms with van der Waals surface area (Å²) in [6, 6.07) is 7.67. The molecule has 1 rings (SSSR count). The highest BCUT2D eigenvalue weighted by Crippen LogP contribution is 2.34. The van der Waals surface area contributed by atoms with Crippen molar-refractivity contribution in [2.75, 3.05) is 6.61 Å². The Kier molecular flexibility index (Phi) is 5.25. The van der Waals surface area contributed by atoms with Crippen LogP contribution in [0.3, 0.4) is 0 Å². The molecule has 0 fully saturated rings. The van der Waals surface area contributed by atoms with Gasteiger partial charge in [-0.25, -0.2) is 4.57 Å². The Balaban J connectivity index is 2.37. The van der Waals surface area contributed by atoms with Gasteiger partial charge in [-0.3, -0.25) is 9.52 Å². The summed E-state index contributed by atoms with van der Waals surface area (Å²) in [7, 11) is -4.39. The SMILES string of the molecule is C=Cc1ccc(CN=CCOP(=O)(O)O)cc1. The third-order valence-corrected chi connectivity index (χ3v) is 2.42. The summed E-state index contributed by atoms with van der Waals surface area (Å²) in [5.74, 6) is 0. The van der Waals surface area contributed by atoms with Crippen LogP contribution in [-0.4, -0.2) is 22.6 Å². The van der Waals surface area contributed by atoms with Crippen molar-refractivity contribution in [2.24, 2.45) is 4.99 Å². The number of hydrogen-bond donors (Lipinski definition) is 2. The summed E-state index contributed by atoms with van der Waals surface area (Å²) in [6.07, 6.45) is 3.08. The van der Waals surface area contributed by atoms with E-state index in [1.807, 2.05) is 24.3 Å². The highest BCUT2D eigenvalue weighted by atomic mass is 31.2. The molecule has 6 heteroatoms. The molecule has 17 heavy (non-hydrogen) atoms. The molecule has 0 atom stereocenters. The fourth-order valence-corrected chi connectivity index (χ4v) is 1.37. The second-order valence-electron chi connectivity index (χ2n) is 3.26. The monoisotopic (exact) mass is 255 g/mol. The average molecular weight is 255 g/mol. The summed E-state index contributed by atoms with van der Waals surface area (Å²) in [6.45, 7) is 3.90. The Labute approximate surface area is 99.7 Å². The van der Waals surface area contributed by atoms with Crippen molar-refractivity contribution in [2.45, 2.75) is 6.54 Å². The van der Waals surface area contributed by atoms with Gasteiger partial charge in [0.15, 0.2) is 0 Å². The Morgan fingerprint density at radius 1 is 1.35 bits per heavy atom. The van der Waals surface area contributed by atoms with Crippen molar-refractivity contribution in [1.82, 2.24) is 0 Å². The number of phosphoric ester groups is 1. The fraction of sp³-hybridized carbons (Fsp3) is 0.182. The Hall–Kier alpha value is -1.26. The van der Waals surface area contributed by atoms with Crippen LogP contribution in [0.25, 0.3) is 6.08 Å². The van der Waals surface area contributed by atoms with Gasteiger partial charge in [0.25, 0.3) is 0 Å². The molecule has 0 spiro atoms. The van der Waals surface area contributed by atoms with Gasteiger partial charge in [0.1, 0.15) is 0 Å². The smallest absolute Gasteiger partial charge is 0.303 e. The minimum atomic E-state index is -4.39. The van der Waals surface area contributed by atoms with Crippen LogP contribution in [0.15, 0.2) is 35.8 Å².